The maximum Gasteiger partial charge on any atom is 0.254 e. The standard InChI is InChI=1S/C28H33N5O/c1-26(2,3)25-31-21-12-17-13-23-27(4,5)28(6,18(17)14-22(21)32-25)9-10-33(23)24(34)16-7-8-19-20(11-16)30-15-29-19/h7-8,11,14-15,23H,9-10,12-13H2,1-6H3,(H,29,30)/t23-,28+/m1/s1. The minimum Gasteiger partial charge on any atom is -0.345 e. The number of hydrogen-bond donors (Lipinski definition) is 1. The van der Waals surface area contributed by atoms with Crippen LogP contribution in [0.5, 0.6) is 0 Å². The molecular formula is C28H33N5O. The average molecular weight is 456 g/mol. The minimum atomic E-state index is -0.0657. The van der Waals surface area contributed by atoms with E-state index in [-0.39, 0.29) is 28.2 Å². The number of nitrogens with one attached hydrogen (secondary N) is 1. The van der Waals surface area contributed by atoms with Gasteiger partial charge in [-0.15, -0.1) is 0 Å². The molecule has 0 unspecified atom stereocenters. The van der Waals surface area contributed by atoms with Crippen LogP contribution in [0, 0.1) is 16.2 Å². The van der Waals surface area contributed by atoms with Crippen LogP contribution in [0.4, 0.5) is 0 Å². The first-order chi connectivity index (χ1) is 16.0. The second-order valence-electron chi connectivity index (χ2n) is 12.1. The van der Waals surface area contributed by atoms with Crippen molar-refractivity contribution in [1.29, 1.82) is 0 Å². The monoisotopic (exact) mass is 455 g/mol. The van der Waals surface area contributed by atoms with Crippen molar-refractivity contribution in [2.45, 2.75) is 66.8 Å². The van der Waals surface area contributed by atoms with E-state index in [1.807, 2.05) is 18.2 Å². The van der Waals surface area contributed by atoms with Crippen LogP contribution in [0.1, 0.15) is 71.2 Å². The van der Waals surface area contributed by atoms with Gasteiger partial charge in [-0.05, 0) is 48.1 Å². The fourth-order valence-electron chi connectivity index (χ4n) is 6.37. The van der Waals surface area contributed by atoms with Crippen LogP contribution in [0.3, 0.4) is 0 Å². The number of likely N-dealkylation sites (tertiary alicyclic amines) is 1. The first-order valence-corrected chi connectivity index (χ1v) is 12.3. The number of allylic oxidation sites excluding steroid dienone is 3. The molecule has 176 valence electrons. The number of H-pyrrole nitrogens is 1. The van der Waals surface area contributed by atoms with E-state index in [1.165, 1.54) is 11.1 Å². The molecular weight excluding hydrogens is 422 g/mol. The van der Waals surface area contributed by atoms with Crippen molar-refractivity contribution in [3.8, 4) is 0 Å². The van der Waals surface area contributed by atoms with E-state index in [1.54, 1.807) is 6.33 Å². The Balaban J connectivity index is 1.37. The predicted molar refractivity (Wildman–Crippen MR) is 136 cm³/mol. The minimum absolute atomic E-state index is 0.00606. The number of piperidine rings is 1. The topological polar surface area (TPSA) is 73.7 Å². The van der Waals surface area contributed by atoms with E-state index in [0.29, 0.717) is 0 Å². The molecule has 1 amide bonds. The molecule has 34 heavy (non-hydrogen) atoms. The number of carbonyl (C=O) groups excluding carboxylic acids is 1. The quantitative estimate of drug-likeness (QED) is 0.599. The van der Waals surface area contributed by atoms with Crippen LogP contribution in [-0.2, 0) is 0 Å². The largest absolute Gasteiger partial charge is 0.345 e. The van der Waals surface area contributed by atoms with Crippen LogP contribution in [-0.4, -0.2) is 44.9 Å². The first-order valence-electron chi connectivity index (χ1n) is 12.3. The molecule has 2 aromatic rings. The zero-order valence-corrected chi connectivity index (χ0v) is 21.0. The molecule has 1 aromatic heterocycles. The number of nitrogens with zero attached hydrogens (tertiary/aromatic N) is 4. The highest BCUT2D eigenvalue weighted by atomic mass is 16.2. The Morgan fingerprint density at radius 1 is 1.18 bits per heavy atom. The lowest BCUT2D eigenvalue weighted by Gasteiger charge is -2.61. The van der Waals surface area contributed by atoms with Crippen molar-refractivity contribution in [3.05, 3.63) is 53.0 Å². The van der Waals surface area contributed by atoms with Crippen molar-refractivity contribution in [2.75, 3.05) is 6.54 Å². The summed E-state index contributed by atoms with van der Waals surface area (Å²) in [4.78, 5) is 33.2. The van der Waals surface area contributed by atoms with Gasteiger partial charge in [-0.25, -0.2) is 15.0 Å². The van der Waals surface area contributed by atoms with E-state index >= 15 is 0 Å². The number of benzene rings is 1. The molecule has 1 saturated heterocycles. The van der Waals surface area contributed by atoms with Gasteiger partial charge < -0.3 is 9.88 Å². The van der Waals surface area contributed by atoms with Gasteiger partial charge in [-0.3, -0.25) is 4.79 Å². The average Bonchev–Trinajstić information content (AvgIpc) is 3.41. The molecule has 6 rings (SSSR count). The lowest BCUT2D eigenvalue weighted by molar-refractivity contribution is -0.0461. The lowest BCUT2D eigenvalue weighted by Crippen LogP contribution is -2.62. The van der Waals surface area contributed by atoms with Gasteiger partial charge >= 0.3 is 0 Å². The van der Waals surface area contributed by atoms with Gasteiger partial charge in [-0.1, -0.05) is 47.1 Å². The van der Waals surface area contributed by atoms with Gasteiger partial charge in [0, 0.05) is 35.4 Å². The van der Waals surface area contributed by atoms with Gasteiger partial charge in [0.25, 0.3) is 5.91 Å². The number of aromatic amines is 1. The summed E-state index contributed by atoms with van der Waals surface area (Å²) in [5, 5.41) is 0. The number of fused-ring (bicyclic) bond motifs is 5. The summed E-state index contributed by atoms with van der Waals surface area (Å²) in [6.07, 6.45) is 6.67. The molecule has 4 aliphatic rings. The van der Waals surface area contributed by atoms with E-state index in [0.717, 1.165) is 59.6 Å². The van der Waals surface area contributed by atoms with Crippen LogP contribution in [0.2, 0.25) is 0 Å². The summed E-state index contributed by atoms with van der Waals surface area (Å²) in [7, 11) is 0. The molecule has 1 fully saturated rings. The molecule has 2 aliphatic heterocycles. The number of rotatable bonds is 1. The summed E-state index contributed by atoms with van der Waals surface area (Å²) in [6, 6.07) is 5.93. The maximum absolute atomic E-state index is 13.8. The third kappa shape index (κ3) is 2.87. The third-order valence-corrected chi connectivity index (χ3v) is 8.92. The van der Waals surface area contributed by atoms with E-state index < -0.39 is 0 Å². The van der Waals surface area contributed by atoms with Crippen molar-refractivity contribution in [3.63, 3.8) is 0 Å². The van der Waals surface area contributed by atoms with Crippen LogP contribution >= 0.6 is 0 Å². The number of aromatic nitrogens is 2. The summed E-state index contributed by atoms with van der Waals surface area (Å²) in [5.74, 6) is 1.04. The number of imidazole rings is 1. The first kappa shape index (κ1) is 21.5. The zero-order chi connectivity index (χ0) is 24.0. The molecule has 0 radical (unpaired) electrons. The second kappa shape index (κ2) is 6.77. The van der Waals surface area contributed by atoms with Crippen LogP contribution in [0.25, 0.3) is 11.0 Å². The number of hydrogen-bond acceptors (Lipinski definition) is 4. The number of carbonyl (C=O) groups is 1. The van der Waals surface area contributed by atoms with Crippen molar-refractivity contribution in [2.24, 2.45) is 26.2 Å². The van der Waals surface area contributed by atoms with Crippen LogP contribution in [0.15, 0.2) is 57.4 Å². The Hall–Kier alpha value is -3.02. The zero-order valence-electron chi connectivity index (χ0n) is 21.0. The van der Waals surface area contributed by atoms with Gasteiger partial charge in [-0.2, -0.15) is 0 Å². The number of amides is 1. The maximum atomic E-state index is 13.8. The van der Waals surface area contributed by atoms with E-state index in [2.05, 4.69) is 62.5 Å². The summed E-state index contributed by atoms with van der Waals surface area (Å²) < 4.78 is 0. The van der Waals surface area contributed by atoms with E-state index in [9.17, 15) is 4.79 Å². The second-order valence-corrected chi connectivity index (χ2v) is 12.1. The highest BCUT2D eigenvalue weighted by Crippen LogP contribution is 2.61. The van der Waals surface area contributed by atoms with Gasteiger partial charge in [0.1, 0.15) is 5.84 Å². The summed E-state index contributed by atoms with van der Waals surface area (Å²) in [6.45, 7) is 14.4. The smallest absolute Gasteiger partial charge is 0.254 e. The van der Waals surface area contributed by atoms with Gasteiger partial charge in [0.2, 0.25) is 0 Å². The summed E-state index contributed by atoms with van der Waals surface area (Å²) in [5.41, 5.74) is 7.39. The molecule has 1 N–H and O–H groups in total. The SMILES string of the molecule is CC(C)(C)C1=NC2=CC3=C(CC2=N1)C[C@H]1N(C(=O)c2ccc4nc[nH]c4c2)CC[C@]3(C)C1(C)C. The molecule has 2 aliphatic carbocycles. The molecule has 0 spiro atoms. The molecule has 3 heterocycles. The molecule has 6 nitrogen and oxygen atoms in total. The Labute approximate surface area is 201 Å². The number of aliphatic imine (C=N–C) groups is 2. The fourth-order valence-corrected chi connectivity index (χ4v) is 6.37. The van der Waals surface area contributed by atoms with Crippen LogP contribution < -0.4 is 0 Å². The molecule has 2 bridgehead atoms. The van der Waals surface area contributed by atoms with Crippen molar-refractivity contribution in [1.82, 2.24) is 14.9 Å². The normalized spacial score (nSPS) is 27.8. The molecule has 1 aromatic carbocycles. The van der Waals surface area contributed by atoms with Crippen molar-refractivity contribution >= 4 is 28.5 Å². The lowest BCUT2D eigenvalue weighted by atomic mass is 9.50. The summed E-state index contributed by atoms with van der Waals surface area (Å²) >= 11 is 0. The Kier molecular flexibility index (Phi) is 4.28. The van der Waals surface area contributed by atoms with E-state index in [4.69, 9.17) is 9.98 Å². The van der Waals surface area contributed by atoms with Gasteiger partial charge in [0.05, 0.1) is 28.8 Å². The van der Waals surface area contributed by atoms with Gasteiger partial charge in [0.15, 0.2) is 0 Å². The Morgan fingerprint density at radius 2 is 1.97 bits per heavy atom. The molecule has 6 heteroatoms. The van der Waals surface area contributed by atoms with Crippen molar-refractivity contribution < 1.29 is 4.79 Å². The predicted octanol–water partition coefficient (Wildman–Crippen LogP) is 5.70. The fraction of sp³-hybridized carbons (Fsp3) is 0.500. The Bertz CT molecular complexity index is 1360. The molecule has 0 saturated carbocycles. The third-order valence-electron chi connectivity index (χ3n) is 8.92. The highest BCUT2D eigenvalue weighted by molar-refractivity contribution is 6.16. The highest BCUT2D eigenvalue weighted by Gasteiger charge is 2.58. The molecule has 2 atom stereocenters. The Morgan fingerprint density at radius 3 is 2.74 bits per heavy atom. The number of amidine groups is 1.